The molecule has 1 aromatic carbocycles. The van der Waals surface area contributed by atoms with Crippen LogP contribution in [-0.2, 0) is 6.54 Å². The van der Waals surface area contributed by atoms with Crippen molar-refractivity contribution in [3.63, 3.8) is 0 Å². The third kappa shape index (κ3) is 4.13. The molecule has 5 heteroatoms. The average molecular weight is 299 g/mol. The lowest BCUT2D eigenvalue weighted by Gasteiger charge is -2.16. The Labute approximate surface area is 122 Å². The number of rotatable bonds is 5. The number of ether oxygens (including phenoxy) is 1. The van der Waals surface area contributed by atoms with Crippen molar-refractivity contribution in [2.75, 3.05) is 0 Å². The van der Waals surface area contributed by atoms with Gasteiger partial charge >= 0.3 is 6.36 Å². The summed E-state index contributed by atoms with van der Waals surface area (Å²) in [6.45, 7) is 0.719. The molecule has 0 radical (unpaired) electrons. The molecule has 2 aliphatic rings. The van der Waals surface area contributed by atoms with Gasteiger partial charge in [-0.3, -0.25) is 0 Å². The Balaban J connectivity index is 1.69. The molecular weight excluding hydrogens is 279 g/mol. The monoisotopic (exact) mass is 299 g/mol. The molecule has 116 valence electrons. The summed E-state index contributed by atoms with van der Waals surface area (Å²) in [6, 6.07) is 5.63. The van der Waals surface area contributed by atoms with Gasteiger partial charge in [-0.2, -0.15) is 0 Å². The number of halogens is 3. The first-order chi connectivity index (χ1) is 10.0. The predicted molar refractivity (Wildman–Crippen MR) is 74.2 cm³/mol. The second-order valence-electron chi connectivity index (χ2n) is 6.06. The summed E-state index contributed by atoms with van der Waals surface area (Å²) in [5.74, 6) is 0.198. The van der Waals surface area contributed by atoms with Crippen molar-refractivity contribution in [1.82, 2.24) is 5.32 Å². The Kier molecular flexibility index (Phi) is 4.11. The summed E-state index contributed by atoms with van der Waals surface area (Å²) < 4.78 is 41.4. The highest BCUT2D eigenvalue weighted by atomic mass is 19.4. The normalized spacial score (nSPS) is 20.0. The lowest BCUT2D eigenvalue weighted by Crippen LogP contribution is -2.25. The van der Waals surface area contributed by atoms with Crippen LogP contribution in [0.1, 0.15) is 55.6 Å². The lowest BCUT2D eigenvalue weighted by molar-refractivity contribution is -0.274. The third-order valence-corrected chi connectivity index (χ3v) is 4.27. The lowest BCUT2D eigenvalue weighted by atomic mass is 10.1. The van der Waals surface area contributed by atoms with Crippen LogP contribution in [0, 0.1) is 0 Å². The number of hydrogen-bond acceptors (Lipinski definition) is 2. The number of hydrogen-bond donors (Lipinski definition) is 1. The van der Waals surface area contributed by atoms with Gasteiger partial charge in [0.05, 0.1) is 0 Å². The molecule has 0 heterocycles. The zero-order valence-corrected chi connectivity index (χ0v) is 11.9. The van der Waals surface area contributed by atoms with Crippen LogP contribution >= 0.6 is 0 Å². The largest absolute Gasteiger partial charge is 0.573 e. The van der Waals surface area contributed by atoms with Gasteiger partial charge in [0.1, 0.15) is 5.75 Å². The van der Waals surface area contributed by atoms with Crippen LogP contribution in [0.5, 0.6) is 5.75 Å². The molecule has 0 amide bonds. The molecule has 2 aliphatic carbocycles. The van der Waals surface area contributed by atoms with Crippen molar-refractivity contribution >= 4 is 0 Å². The van der Waals surface area contributed by atoms with E-state index < -0.39 is 6.36 Å². The van der Waals surface area contributed by atoms with Crippen LogP contribution in [0.3, 0.4) is 0 Å². The fourth-order valence-corrected chi connectivity index (χ4v) is 3.03. The van der Waals surface area contributed by atoms with Gasteiger partial charge in [0, 0.05) is 12.6 Å². The van der Waals surface area contributed by atoms with E-state index in [1.807, 2.05) is 6.07 Å². The van der Waals surface area contributed by atoms with Crippen molar-refractivity contribution < 1.29 is 17.9 Å². The molecule has 21 heavy (non-hydrogen) atoms. The van der Waals surface area contributed by atoms with Gasteiger partial charge in [-0.1, -0.05) is 25.0 Å². The van der Waals surface area contributed by atoms with E-state index >= 15 is 0 Å². The van der Waals surface area contributed by atoms with Gasteiger partial charge in [0.25, 0.3) is 0 Å². The van der Waals surface area contributed by atoms with Crippen molar-refractivity contribution in [2.24, 2.45) is 0 Å². The molecule has 0 bridgehead atoms. The van der Waals surface area contributed by atoms with E-state index in [-0.39, 0.29) is 11.7 Å². The fourth-order valence-electron chi connectivity index (χ4n) is 3.03. The maximum Gasteiger partial charge on any atom is 0.573 e. The molecule has 0 spiro atoms. The third-order valence-electron chi connectivity index (χ3n) is 4.27. The highest BCUT2D eigenvalue weighted by Crippen LogP contribution is 2.45. The molecular formula is C16H20F3NO. The van der Waals surface area contributed by atoms with Gasteiger partial charge in [0.2, 0.25) is 0 Å². The van der Waals surface area contributed by atoms with E-state index in [4.69, 9.17) is 0 Å². The average Bonchev–Trinajstić information content (AvgIpc) is 3.12. The van der Waals surface area contributed by atoms with Gasteiger partial charge in [-0.25, -0.2) is 0 Å². The minimum Gasteiger partial charge on any atom is -0.405 e. The minimum absolute atomic E-state index is 0.0328. The summed E-state index contributed by atoms with van der Waals surface area (Å²) in [4.78, 5) is 0. The van der Waals surface area contributed by atoms with Gasteiger partial charge in [0.15, 0.2) is 0 Å². The van der Waals surface area contributed by atoms with Gasteiger partial charge < -0.3 is 10.1 Å². The second-order valence-corrected chi connectivity index (χ2v) is 6.06. The van der Waals surface area contributed by atoms with Crippen molar-refractivity contribution in [3.8, 4) is 5.75 Å². The van der Waals surface area contributed by atoms with Crippen LogP contribution in [0.25, 0.3) is 0 Å². The SMILES string of the molecule is FC(F)(F)Oc1ccc(CNC2CCCC2)cc1C1CC1. The Hall–Kier alpha value is -1.23. The van der Waals surface area contributed by atoms with E-state index in [1.165, 1.54) is 31.7 Å². The Morgan fingerprint density at radius 2 is 1.81 bits per heavy atom. The Morgan fingerprint density at radius 1 is 1.10 bits per heavy atom. The molecule has 2 saturated carbocycles. The molecule has 0 aliphatic heterocycles. The van der Waals surface area contributed by atoms with Crippen LogP contribution in [0.2, 0.25) is 0 Å². The Morgan fingerprint density at radius 3 is 2.43 bits per heavy atom. The quantitative estimate of drug-likeness (QED) is 0.864. The summed E-state index contributed by atoms with van der Waals surface area (Å²) in [5, 5.41) is 3.49. The molecule has 1 aromatic rings. The van der Waals surface area contributed by atoms with Crippen LogP contribution in [-0.4, -0.2) is 12.4 Å². The van der Waals surface area contributed by atoms with Gasteiger partial charge in [-0.05, 0) is 48.8 Å². The van der Waals surface area contributed by atoms with E-state index in [0.717, 1.165) is 24.9 Å². The van der Waals surface area contributed by atoms with Crippen LogP contribution < -0.4 is 10.1 Å². The zero-order chi connectivity index (χ0) is 14.9. The standard InChI is InChI=1S/C16H20F3NO/c17-16(18,19)21-15-8-5-11(9-14(15)12-6-7-12)10-20-13-3-1-2-4-13/h5,8-9,12-13,20H,1-4,6-7,10H2. The van der Waals surface area contributed by atoms with E-state index in [1.54, 1.807) is 6.07 Å². The smallest absolute Gasteiger partial charge is 0.405 e. The summed E-state index contributed by atoms with van der Waals surface area (Å²) >= 11 is 0. The fraction of sp³-hybridized carbons (Fsp3) is 0.625. The molecule has 0 aromatic heterocycles. The summed E-state index contributed by atoms with van der Waals surface area (Å²) in [5.41, 5.74) is 1.75. The predicted octanol–water partition coefficient (Wildman–Crippen LogP) is 4.49. The first-order valence-electron chi connectivity index (χ1n) is 7.63. The number of alkyl halides is 3. The highest BCUT2D eigenvalue weighted by Gasteiger charge is 2.35. The number of benzene rings is 1. The van der Waals surface area contributed by atoms with Crippen molar-refractivity contribution in [3.05, 3.63) is 29.3 Å². The minimum atomic E-state index is -4.62. The molecule has 0 saturated heterocycles. The summed E-state index contributed by atoms with van der Waals surface area (Å²) in [7, 11) is 0. The second kappa shape index (κ2) is 5.87. The molecule has 2 fully saturated rings. The number of nitrogens with one attached hydrogen (secondary N) is 1. The van der Waals surface area contributed by atoms with E-state index in [9.17, 15) is 13.2 Å². The molecule has 0 unspecified atom stereocenters. The molecule has 1 N–H and O–H groups in total. The molecule has 3 rings (SSSR count). The maximum atomic E-state index is 12.4. The highest BCUT2D eigenvalue weighted by molar-refractivity contribution is 5.42. The van der Waals surface area contributed by atoms with Crippen molar-refractivity contribution in [2.45, 2.75) is 63.4 Å². The van der Waals surface area contributed by atoms with Crippen LogP contribution in [0.4, 0.5) is 13.2 Å². The van der Waals surface area contributed by atoms with E-state index in [2.05, 4.69) is 10.1 Å². The van der Waals surface area contributed by atoms with Crippen LogP contribution in [0.15, 0.2) is 18.2 Å². The Bertz CT molecular complexity index is 491. The van der Waals surface area contributed by atoms with Crippen molar-refractivity contribution in [1.29, 1.82) is 0 Å². The summed E-state index contributed by atoms with van der Waals surface area (Å²) in [6.07, 6.45) is 2.22. The topological polar surface area (TPSA) is 21.3 Å². The zero-order valence-electron chi connectivity index (χ0n) is 11.9. The first-order valence-corrected chi connectivity index (χ1v) is 7.63. The first kappa shape index (κ1) is 14.7. The van der Waals surface area contributed by atoms with Gasteiger partial charge in [-0.15, -0.1) is 13.2 Å². The maximum absolute atomic E-state index is 12.4. The molecule has 0 atom stereocenters. The van der Waals surface area contributed by atoms with E-state index in [0.29, 0.717) is 11.6 Å². The molecule has 2 nitrogen and oxygen atoms in total.